The summed E-state index contributed by atoms with van der Waals surface area (Å²) in [6.45, 7) is 2.03. The zero-order valence-corrected chi connectivity index (χ0v) is 15.4. The Bertz CT molecular complexity index is 1000. The van der Waals surface area contributed by atoms with Crippen LogP contribution in [0.4, 0.5) is 5.13 Å². The molecule has 0 saturated heterocycles. The van der Waals surface area contributed by atoms with E-state index in [-0.39, 0.29) is 16.4 Å². The van der Waals surface area contributed by atoms with Crippen LogP contribution in [0.2, 0.25) is 0 Å². The number of hydrogen-bond acceptors (Lipinski definition) is 6. The fraction of sp³-hybridized carbons (Fsp3) is 0.125. The summed E-state index contributed by atoms with van der Waals surface area (Å²) in [6, 6.07) is 9.97. The van der Waals surface area contributed by atoms with E-state index >= 15 is 0 Å². The highest BCUT2D eigenvalue weighted by Crippen LogP contribution is 2.30. The van der Waals surface area contributed by atoms with Gasteiger partial charge in [-0.3, -0.25) is 10.1 Å². The Morgan fingerprint density at radius 1 is 1.21 bits per heavy atom. The molecule has 24 heavy (non-hydrogen) atoms. The zero-order chi connectivity index (χ0) is 17.3. The number of aryl methyl sites for hydroxylation is 1. The van der Waals surface area contributed by atoms with Gasteiger partial charge in [0.15, 0.2) is 15.0 Å². The third kappa shape index (κ3) is 3.72. The number of thiophene rings is 1. The fourth-order valence-electron chi connectivity index (χ4n) is 2.05. The summed E-state index contributed by atoms with van der Waals surface area (Å²) in [5, 5.41) is 5.07. The third-order valence-electron chi connectivity index (χ3n) is 3.24. The lowest BCUT2D eigenvalue weighted by molar-refractivity contribution is 0.102. The average molecular weight is 379 g/mol. The van der Waals surface area contributed by atoms with Gasteiger partial charge in [0.25, 0.3) is 5.91 Å². The predicted octanol–water partition coefficient (Wildman–Crippen LogP) is 3.84. The molecule has 2 aromatic heterocycles. The van der Waals surface area contributed by atoms with Crippen LogP contribution in [0.3, 0.4) is 0 Å². The van der Waals surface area contributed by atoms with E-state index in [1.54, 1.807) is 23.5 Å². The SMILES string of the molecule is Cc1ccc(-c2csc(NC(=O)c3cccc(S(C)(=O)=O)c3)n2)s1. The van der Waals surface area contributed by atoms with Crippen molar-refractivity contribution in [3.8, 4) is 10.6 Å². The van der Waals surface area contributed by atoms with Crippen LogP contribution in [0.25, 0.3) is 10.6 Å². The molecular weight excluding hydrogens is 364 g/mol. The Kier molecular flexibility index (Phi) is 4.53. The fourth-order valence-corrected chi connectivity index (χ4v) is 4.33. The number of aromatic nitrogens is 1. The Balaban J connectivity index is 1.79. The highest BCUT2D eigenvalue weighted by atomic mass is 32.2. The maximum atomic E-state index is 12.3. The molecular formula is C16H14N2O3S3. The summed E-state index contributed by atoms with van der Waals surface area (Å²) in [5.41, 5.74) is 1.10. The number of nitrogens with zero attached hydrogens (tertiary/aromatic N) is 1. The molecule has 0 spiro atoms. The third-order valence-corrected chi connectivity index (χ3v) is 6.13. The Hall–Kier alpha value is -2.03. The summed E-state index contributed by atoms with van der Waals surface area (Å²) in [7, 11) is -3.35. The van der Waals surface area contributed by atoms with Crippen LogP contribution < -0.4 is 5.32 Å². The van der Waals surface area contributed by atoms with E-state index in [9.17, 15) is 13.2 Å². The van der Waals surface area contributed by atoms with Gasteiger partial charge in [-0.2, -0.15) is 0 Å². The topological polar surface area (TPSA) is 76.1 Å². The van der Waals surface area contributed by atoms with Gasteiger partial charge in [0.1, 0.15) is 0 Å². The van der Waals surface area contributed by atoms with Gasteiger partial charge < -0.3 is 0 Å². The maximum Gasteiger partial charge on any atom is 0.257 e. The Morgan fingerprint density at radius 3 is 2.67 bits per heavy atom. The molecule has 0 fully saturated rings. The van der Waals surface area contributed by atoms with Gasteiger partial charge in [-0.25, -0.2) is 13.4 Å². The van der Waals surface area contributed by atoms with E-state index in [1.807, 2.05) is 24.4 Å². The first-order valence-corrected chi connectivity index (χ1v) is 10.6. The second-order valence-corrected chi connectivity index (χ2v) is 9.36. The molecule has 0 atom stereocenters. The van der Waals surface area contributed by atoms with Crippen molar-refractivity contribution in [1.82, 2.24) is 4.98 Å². The lowest BCUT2D eigenvalue weighted by atomic mass is 10.2. The smallest absolute Gasteiger partial charge is 0.257 e. The lowest BCUT2D eigenvalue weighted by Gasteiger charge is -2.04. The molecule has 0 aliphatic carbocycles. The standard InChI is InChI=1S/C16H14N2O3S3/c1-10-6-7-14(23-10)13-9-22-16(17-13)18-15(19)11-4-3-5-12(8-11)24(2,20)21/h3-9H,1-2H3,(H,17,18,19). The van der Waals surface area contributed by atoms with Gasteiger partial charge in [0.05, 0.1) is 15.5 Å². The molecule has 8 heteroatoms. The number of carbonyl (C=O) groups is 1. The monoisotopic (exact) mass is 378 g/mol. The molecule has 0 unspecified atom stereocenters. The number of rotatable bonds is 4. The molecule has 5 nitrogen and oxygen atoms in total. The predicted molar refractivity (Wildman–Crippen MR) is 97.7 cm³/mol. The summed E-state index contributed by atoms with van der Waals surface area (Å²) in [4.78, 5) is 19.1. The van der Waals surface area contributed by atoms with Gasteiger partial charge in [0.2, 0.25) is 0 Å². The molecule has 0 aliphatic heterocycles. The van der Waals surface area contributed by atoms with E-state index in [1.165, 1.54) is 28.3 Å². The minimum absolute atomic E-state index is 0.115. The summed E-state index contributed by atoms with van der Waals surface area (Å²) < 4.78 is 23.2. The van der Waals surface area contributed by atoms with Gasteiger partial charge in [-0.15, -0.1) is 22.7 Å². The van der Waals surface area contributed by atoms with Crippen molar-refractivity contribution in [2.75, 3.05) is 11.6 Å². The molecule has 1 N–H and O–H groups in total. The van der Waals surface area contributed by atoms with Crippen LogP contribution in [-0.4, -0.2) is 25.6 Å². The van der Waals surface area contributed by atoms with Crippen molar-refractivity contribution in [1.29, 1.82) is 0 Å². The van der Waals surface area contributed by atoms with E-state index in [4.69, 9.17) is 0 Å². The quantitative estimate of drug-likeness (QED) is 0.748. The number of anilines is 1. The Morgan fingerprint density at radius 2 is 2.00 bits per heavy atom. The summed E-state index contributed by atoms with van der Waals surface area (Å²) in [6.07, 6.45) is 1.11. The van der Waals surface area contributed by atoms with Crippen molar-refractivity contribution in [3.63, 3.8) is 0 Å². The molecule has 2 heterocycles. The van der Waals surface area contributed by atoms with Gasteiger partial charge in [-0.05, 0) is 37.3 Å². The van der Waals surface area contributed by atoms with E-state index in [0.717, 1.165) is 16.8 Å². The number of carbonyl (C=O) groups excluding carboxylic acids is 1. The molecule has 0 radical (unpaired) electrons. The van der Waals surface area contributed by atoms with E-state index in [2.05, 4.69) is 10.3 Å². The van der Waals surface area contributed by atoms with Gasteiger partial charge in [-0.1, -0.05) is 6.07 Å². The molecule has 1 aromatic carbocycles. The second-order valence-electron chi connectivity index (χ2n) is 5.20. The normalized spacial score (nSPS) is 11.4. The minimum atomic E-state index is -3.35. The van der Waals surface area contributed by atoms with E-state index < -0.39 is 9.84 Å². The zero-order valence-electron chi connectivity index (χ0n) is 12.9. The summed E-state index contributed by atoms with van der Waals surface area (Å²) in [5.74, 6) is -0.385. The van der Waals surface area contributed by atoms with Crippen LogP contribution in [0, 0.1) is 6.92 Å². The van der Waals surface area contributed by atoms with Crippen LogP contribution in [0.5, 0.6) is 0 Å². The van der Waals surface area contributed by atoms with Crippen LogP contribution in [0.1, 0.15) is 15.2 Å². The first-order chi connectivity index (χ1) is 11.3. The minimum Gasteiger partial charge on any atom is -0.298 e. The maximum absolute atomic E-state index is 12.3. The lowest BCUT2D eigenvalue weighted by Crippen LogP contribution is -2.12. The highest BCUT2D eigenvalue weighted by Gasteiger charge is 2.14. The van der Waals surface area contributed by atoms with Crippen molar-refractivity contribution >= 4 is 43.5 Å². The van der Waals surface area contributed by atoms with Gasteiger partial charge >= 0.3 is 0 Å². The molecule has 0 aliphatic rings. The van der Waals surface area contributed by atoms with Crippen molar-refractivity contribution in [2.45, 2.75) is 11.8 Å². The first-order valence-electron chi connectivity index (χ1n) is 6.97. The molecule has 3 rings (SSSR count). The van der Waals surface area contributed by atoms with Crippen molar-refractivity contribution < 1.29 is 13.2 Å². The van der Waals surface area contributed by atoms with Gasteiger partial charge in [0, 0.05) is 22.1 Å². The summed E-state index contributed by atoms with van der Waals surface area (Å²) >= 11 is 2.97. The highest BCUT2D eigenvalue weighted by molar-refractivity contribution is 7.90. The van der Waals surface area contributed by atoms with Crippen LogP contribution >= 0.6 is 22.7 Å². The largest absolute Gasteiger partial charge is 0.298 e. The molecule has 3 aromatic rings. The molecule has 0 saturated carbocycles. The first kappa shape index (κ1) is 16.8. The average Bonchev–Trinajstić information content (AvgIpc) is 3.15. The van der Waals surface area contributed by atoms with Crippen molar-refractivity contribution in [2.24, 2.45) is 0 Å². The number of hydrogen-bond donors (Lipinski definition) is 1. The number of benzene rings is 1. The van der Waals surface area contributed by atoms with Crippen LogP contribution in [0.15, 0.2) is 46.7 Å². The van der Waals surface area contributed by atoms with E-state index in [0.29, 0.717) is 5.13 Å². The molecule has 1 amide bonds. The number of nitrogens with one attached hydrogen (secondary N) is 1. The van der Waals surface area contributed by atoms with Crippen molar-refractivity contribution in [3.05, 3.63) is 52.2 Å². The Labute approximate surface area is 147 Å². The molecule has 0 bridgehead atoms. The second kappa shape index (κ2) is 6.46. The van der Waals surface area contributed by atoms with Crippen LogP contribution in [-0.2, 0) is 9.84 Å². The number of sulfone groups is 1. The number of amides is 1. The number of thiazole rings is 1. The molecule has 124 valence electrons.